The van der Waals surface area contributed by atoms with E-state index in [0.29, 0.717) is 18.2 Å². The summed E-state index contributed by atoms with van der Waals surface area (Å²) in [6.45, 7) is 5.49. The number of primary sulfonamides is 1. The second-order valence-corrected chi connectivity index (χ2v) is 9.03. The van der Waals surface area contributed by atoms with Crippen LogP contribution in [0.5, 0.6) is 0 Å². The Morgan fingerprint density at radius 3 is 2.64 bits per heavy atom. The number of amides is 1. The van der Waals surface area contributed by atoms with Gasteiger partial charge in [-0.15, -0.1) is 0 Å². The molecule has 1 aromatic carbocycles. The van der Waals surface area contributed by atoms with Gasteiger partial charge in [-0.25, -0.2) is 18.2 Å². The summed E-state index contributed by atoms with van der Waals surface area (Å²) in [6, 6.07) is 5.67. The third-order valence-corrected chi connectivity index (χ3v) is 7.16. The Morgan fingerprint density at radius 1 is 1.40 bits per heavy atom. The topological polar surface area (TPSA) is 121 Å². The van der Waals surface area contributed by atoms with E-state index >= 15 is 0 Å². The number of fused-ring (bicyclic) bond motifs is 1. The molecule has 2 atom stereocenters. The molecule has 134 valence electrons. The maximum Gasteiger partial charge on any atom is 0.269 e. The maximum absolute atomic E-state index is 12.0. The zero-order chi connectivity index (χ0) is 18.6. The molecule has 1 heterocycles. The number of carbonyl (C=O) groups excluding carboxylic acids is 1. The molecule has 4 N–H and O–H groups in total. The van der Waals surface area contributed by atoms with Crippen LogP contribution >= 0.6 is 0 Å². The van der Waals surface area contributed by atoms with E-state index in [2.05, 4.69) is 5.10 Å². The summed E-state index contributed by atoms with van der Waals surface area (Å²) in [5.74, 6) is -0.782. The van der Waals surface area contributed by atoms with Gasteiger partial charge in [-0.05, 0) is 44.2 Å². The van der Waals surface area contributed by atoms with E-state index in [9.17, 15) is 13.2 Å². The van der Waals surface area contributed by atoms with Gasteiger partial charge in [0, 0.05) is 11.1 Å². The number of hydrogen-bond acceptors (Lipinski definition) is 4. The van der Waals surface area contributed by atoms with Gasteiger partial charge in [-0.1, -0.05) is 25.1 Å². The largest absolute Gasteiger partial charge is 0.364 e. The molecule has 0 saturated heterocycles. The Hall–Kier alpha value is -2.19. The van der Waals surface area contributed by atoms with Crippen molar-refractivity contribution in [3.8, 4) is 0 Å². The first kappa shape index (κ1) is 17.6. The van der Waals surface area contributed by atoms with Crippen LogP contribution in [0.25, 0.3) is 16.6 Å². The zero-order valence-corrected chi connectivity index (χ0v) is 15.3. The molecule has 0 aliphatic heterocycles. The molecule has 0 radical (unpaired) electrons. The van der Waals surface area contributed by atoms with Gasteiger partial charge in [0.05, 0.1) is 10.3 Å². The predicted molar refractivity (Wildman–Crippen MR) is 97.2 cm³/mol. The number of aromatic nitrogens is 2. The van der Waals surface area contributed by atoms with Crippen molar-refractivity contribution in [1.82, 2.24) is 9.78 Å². The minimum Gasteiger partial charge on any atom is -0.364 e. The van der Waals surface area contributed by atoms with Crippen molar-refractivity contribution in [1.29, 1.82) is 0 Å². The minimum atomic E-state index is -3.69. The number of rotatable bonds is 3. The summed E-state index contributed by atoms with van der Waals surface area (Å²) < 4.78 is 24.6. The second-order valence-electron chi connectivity index (χ2n) is 7.01. The molecule has 1 aliphatic rings. The van der Waals surface area contributed by atoms with Crippen molar-refractivity contribution in [2.75, 3.05) is 0 Å². The summed E-state index contributed by atoms with van der Waals surface area (Å²) in [7, 11) is -3.69. The smallest absolute Gasteiger partial charge is 0.269 e. The van der Waals surface area contributed by atoms with Gasteiger partial charge in [0.15, 0.2) is 5.69 Å². The summed E-state index contributed by atoms with van der Waals surface area (Å²) in [5.41, 5.74) is 8.33. The van der Waals surface area contributed by atoms with Gasteiger partial charge in [-0.2, -0.15) is 5.10 Å². The van der Waals surface area contributed by atoms with E-state index in [1.165, 1.54) is 0 Å². The quantitative estimate of drug-likeness (QED) is 0.864. The first-order valence-electron chi connectivity index (χ1n) is 8.05. The molecule has 7 nitrogen and oxygen atoms in total. The van der Waals surface area contributed by atoms with Crippen LogP contribution in [0.2, 0.25) is 0 Å². The van der Waals surface area contributed by atoms with E-state index in [1.807, 2.05) is 38.1 Å². The highest BCUT2D eigenvalue weighted by molar-refractivity contribution is 7.90. The third kappa shape index (κ3) is 2.75. The Bertz CT molecular complexity index is 1010. The number of nitrogens with zero attached hydrogens (tertiary/aromatic N) is 2. The Labute approximate surface area is 146 Å². The fraction of sp³-hybridized carbons (Fsp3) is 0.412. The van der Waals surface area contributed by atoms with Crippen molar-refractivity contribution < 1.29 is 13.2 Å². The lowest BCUT2D eigenvalue weighted by molar-refractivity contribution is 0.0996. The van der Waals surface area contributed by atoms with E-state index in [4.69, 9.17) is 10.9 Å². The Balaban J connectivity index is 2.15. The van der Waals surface area contributed by atoms with Crippen molar-refractivity contribution in [3.05, 3.63) is 35.5 Å². The molecule has 1 aromatic heterocycles. The lowest BCUT2D eigenvalue weighted by atomic mass is 9.83. The Kier molecular flexibility index (Phi) is 4.00. The van der Waals surface area contributed by atoms with E-state index in [0.717, 1.165) is 16.8 Å². The van der Waals surface area contributed by atoms with Gasteiger partial charge in [0.25, 0.3) is 5.91 Å². The van der Waals surface area contributed by atoms with Crippen LogP contribution in [0.1, 0.15) is 42.7 Å². The first-order chi connectivity index (χ1) is 11.5. The lowest BCUT2D eigenvalue weighted by Gasteiger charge is -2.36. The van der Waals surface area contributed by atoms with Crippen molar-refractivity contribution >= 4 is 32.5 Å². The second kappa shape index (κ2) is 5.67. The molecule has 2 aromatic rings. The highest BCUT2D eigenvalue weighted by Crippen LogP contribution is 2.40. The minimum absolute atomic E-state index is 0.191. The predicted octanol–water partition coefficient (Wildman–Crippen LogP) is 1.76. The Morgan fingerprint density at radius 2 is 2.08 bits per heavy atom. The zero-order valence-electron chi connectivity index (χ0n) is 14.5. The summed E-state index contributed by atoms with van der Waals surface area (Å²) >= 11 is 0. The van der Waals surface area contributed by atoms with Gasteiger partial charge >= 0.3 is 0 Å². The number of carbonyl (C=O) groups is 1. The maximum atomic E-state index is 12.0. The highest BCUT2D eigenvalue weighted by Gasteiger charge is 2.44. The number of hydrogen-bond donors (Lipinski definition) is 2. The molecule has 0 saturated carbocycles. The fourth-order valence-electron chi connectivity index (χ4n) is 3.33. The molecule has 1 aliphatic carbocycles. The van der Waals surface area contributed by atoms with Crippen LogP contribution in [0.3, 0.4) is 0 Å². The van der Waals surface area contributed by atoms with E-state index in [1.54, 1.807) is 11.6 Å². The SMILES string of the molecule is Cc1ccc2c(C(N)=O)nn(C3=CCC(C)(S(N)(=O)=O)C(C)C3)c2c1. The van der Waals surface area contributed by atoms with Gasteiger partial charge in [0.2, 0.25) is 10.0 Å². The molecule has 8 heteroatoms. The van der Waals surface area contributed by atoms with Crippen molar-refractivity contribution in [3.63, 3.8) is 0 Å². The lowest BCUT2D eigenvalue weighted by Crippen LogP contribution is -2.47. The number of sulfonamides is 1. The number of primary amides is 1. The standard InChI is InChI=1S/C17H22N4O3S/c1-10-4-5-13-14(8-10)21(20-15(13)16(18)22)12-6-7-17(3,11(2)9-12)25(19,23)24/h4-6,8,11H,7,9H2,1-3H3,(H2,18,22)(H2,19,23,24). The summed E-state index contributed by atoms with van der Waals surface area (Å²) in [6.07, 6.45) is 2.61. The molecule has 0 spiro atoms. The van der Waals surface area contributed by atoms with Crippen molar-refractivity contribution in [2.45, 2.75) is 38.4 Å². The number of nitrogens with two attached hydrogens (primary N) is 2. The van der Waals surface area contributed by atoms with Crippen LogP contribution in [0.15, 0.2) is 24.3 Å². The normalized spacial score (nSPS) is 24.3. The van der Waals surface area contributed by atoms with Gasteiger partial charge < -0.3 is 5.73 Å². The molecule has 0 bridgehead atoms. The van der Waals surface area contributed by atoms with E-state index in [-0.39, 0.29) is 11.6 Å². The van der Waals surface area contributed by atoms with Gasteiger partial charge in [-0.3, -0.25) is 4.79 Å². The molecular formula is C17H22N4O3S. The highest BCUT2D eigenvalue weighted by atomic mass is 32.2. The molecule has 3 rings (SSSR count). The summed E-state index contributed by atoms with van der Waals surface area (Å²) in [4.78, 5) is 11.7. The number of allylic oxidation sites excluding steroid dienone is 2. The fourth-order valence-corrected chi connectivity index (χ4v) is 4.29. The van der Waals surface area contributed by atoms with E-state index < -0.39 is 20.7 Å². The van der Waals surface area contributed by atoms with Crippen molar-refractivity contribution in [2.24, 2.45) is 16.8 Å². The van der Waals surface area contributed by atoms with Crippen LogP contribution in [-0.2, 0) is 10.0 Å². The average molecular weight is 362 g/mol. The molecule has 0 fully saturated rings. The van der Waals surface area contributed by atoms with Crippen LogP contribution in [-0.4, -0.2) is 28.9 Å². The monoisotopic (exact) mass is 362 g/mol. The average Bonchev–Trinajstić information content (AvgIpc) is 2.87. The first-order valence-corrected chi connectivity index (χ1v) is 9.60. The summed E-state index contributed by atoms with van der Waals surface area (Å²) in [5, 5.41) is 10.5. The molecular weight excluding hydrogens is 340 g/mol. The number of aryl methyl sites for hydroxylation is 1. The van der Waals surface area contributed by atoms with Crippen LogP contribution < -0.4 is 10.9 Å². The number of benzene rings is 1. The van der Waals surface area contributed by atoms with Crippen LogP contribution in [0, 0.1) is 12.8 Å². The molecule has 2 unspecified atom stereocenters. The van der Waals surface area contributed by atoms with Crippen LogP contribution in [0.4, 0.5) is 0 Å². The third-order valence-electron chi connectivity index (χ3n) is 5.29. The van der Waals surface area contributed by atoms with Gasteiger partial charge in [0.1, 0.15) is 0 Å². The molecule has 25 heavy (non-hydrogen) atoms. The molecule has 1 amide bonds.